The summed E-state index contributed by atoms with van der Waals surface area (Å²) in [4.78, 5) is 12.1. The standard InChI is InChI=1S/C21H20N4O/c1-3-24-18-7-5-4-6-16(18)17-12-15(8-9-19(17)24)13-23-25-20(22)10-14(2)11-21(25)26/h4-13H,3,22H2,1-2H3/b23-13-. The summed E-state index contributed by atoms with van der Waals surface area (Å²) in [6.45, 7) is 4.89. The predicted molar refractivity (Wildman–Crippen MR) is 108 cm³/mol. The van der Waals surface area contributed by atoms with Crippen molar-refractivity contribution in [3.8, 4) is 0 Å². The van der Waals surface area contributed by atoms with E-state index in [2.05, 4.69) is 53.0 Å². The molecule has 2 aromatic carbocycles. The Hall–Kier alpha value is -3.34. The Morgan fingerprint density at radius 1 is 1.04 bits per heavy atom. The van der Waals surface area contributed by atoms with Crippen LogP contribution in [-0.2, 0) is 6.54 Å². The summed E-state index contributed by atoms with van der Waals surface area (Å²) in [5.74, 6) is 0.329. The first-order valence-electron chi connectivity index (χ1n) is 8.63. The molecule has 4 aromatic rings. The van der Waals surface area contributed by atoms with E-state index in [1.807, 2.05) is 13.0 Å². The van der Waals surface area contributed by atoms with E-state index < -0.39 is 0 Å². The average Bonchev–Trinajstić information content (AvgIpc) is 2.94. The summed E-state index contributed by atoms with van der Waals surface area (Å²) in [5.41, 5.74) is 9.84. The number of anilines is 1. The van der Waals surface area contributed by atoms with Gasteiger partial charge in [0.05, 0.1) is 6.21 Å². The summed E-state index contributed by atoms with van der Waals surface area (Å²) < 4.78 is 3.51. The van der Waals surface area contributed by atoms with E-state index in [4.69, 9.17) is 5.73 Å². The molecule has 0 amide bonds. The van der Waals surface area contributed by atoms with Crippen molar-refractivity contribution in [2.24, 2.45) is 5.10 Å². The molecule has 0 unspecified atom stereocenters. The van der Waals surface area contributed by atoms with E-state index in [0.29, 0.717) is 5.82 Å². The molecule has 0 bridgehead atoms. The molecule has 26 heavy (non-hydrogen) atoms. The first-order chi connectivity index (χ1) is 12.6. The average molecular weight is 344 g/mol. The second-order valence-corrected chi connectivity index (χ2v) is 6.39. The molecule has 5 heteroatoms. The van der Waals surface area contributed by atoms with E-state index in [-0.39, 0.29) is 5.56 Å². The van der Waals surface area contributed by atoms with Gasteiger partial charge in [0.2, 0.25) is 0 Å². The summed E-state index contributed by atoms with van der Waals surface area (Å²) in [6.07, 6.45) is 1.67. The fraction of sp³-hybridized carbons (Fsp3) is 0.143. The molecule has 0 saturated heterocycles. The summed E-state index contributed by atoms with van der Waals surface area (Å²) >= 11 is 0. The largest absolute Gasteiger partial charge is 0.384 e. The molecule has 0 fully saturated rings. The minimum atomic E-state index is -0.234. The topological polar surface area (TPSA) is 65.3 Å². The highest BCUT2D eigenvalue weighted by atomic mass is 16.1. The maximum Gasteiger partial charge on any atom is 0.273 e. The number of aromatic nitrogens is 2. The Balaban J connectivity index is 1.84. The Labute approximate surface area is 151 Å². The van der Waals surface area contributed by atoms with Crippen molar-refractivity contribution in [3.63, 3.8) is 0 Å². The van der Waals surface area contributed by atoms with Crippen LogP contribution < -0.4 is 11.3 Å². The van der Waals surface area contributed by atoms with Crippen LogP contribution in [0.25, 0.3) is 21.8 Å². The zero-order valence-electron chi connectivity index (χ0n) is 14.8. The lowest BCUT2D eigenvalue weighted by atomic mass is 10.1. The number of aryl methyl sites for hydroxylation is 2. The van der Waals surface area contributed by atoms with Gasteiger partial charge in [-0.2, -0.15) is 9.78 Å². The fourth-order valence-corrected chi connectivity index (χ4v) is 3.46. The van der Waals surface area contributed by atoms with Crippen LogP contribution in [0.4, 0.5) is 5.82 Å². The van der Waals surface area contributed by atoms with E-state index in [0.717, 1.165) is 17.7 Å². The van der Waals surface area contributed by atoms with E-state index in [1.165, 1.54) is 32.5 Å². The maximum absolute atomic E-state index is 12.1. The zero-order chi connectivity index (χ0) is 18.3. The van der Waals surface area contributed by atoms with Gasteiger partial charge in [-0.05, 0) is 49.2 Å². The third kappa shape index (κ3) is 2.58. The van der Waals surface area contributed by atoms with Crippen LogP contribution in [-0.4, -0.2) is 15.5 Å². The highest BCUT2D eigenvalue weighted by Gasteiger charge is 2.09. The number of pyridine rings is 1. The number of hydrogen-bond acceptors (Lipinski definition) is 3. The highest BCUT2D eigenvalue weighted by Crippen LogP contribution is 2.29. The van der Waals surface area contributed by atoms with Gasteiger partial charge in [-0.3, -0.25) is 4.79 Å². The lowest BCUT2D eigenvalue weighted by molar-refractivity contribution is 0.827. The van der Waals surface area contributed by atoms with Crippen LogP contribution in [0.15, 0.2) is 64.5 Å². The van der Waals surface area contributed by atoms with Crippen molar-refractivity contribution < 1.29 is 0 Å². The number of para-hydroxylation sites is 1. The van der Waals surface area contributed by atoms with Crippen molar-refractivity contribution >= 4 is 33.8 Å². The van der Waals surface area contributed by atoms with Crippen LogP contribution in [0, 0.1) is 6.92 Å². The smallest absolute Gasteiger partial charge is 0.273 e. The maximum atomic E-state index is 12.1. The molecular weight excluding hydrogens is 324 g/mol. The Bertz CT molecular complexity index is 1210. The molecule has 0 aliphatic heterocycles. The van der Waals surface area contributed by atoms with Crippen molar-refractivity contribution in [3.05, 3.63) is 76.1 Å². The van der Waals surface area contributed by atoms with Gasteiger partial charge in [0.1, 0.15) is 5.82 Å². The molecule has 0 aliphatic rings. The fourth-order valence-electron chi connectivity index (χ4n) is 3.46. The molecule has 2 heterocycles. The van der Waals surface area contributed by atoms with Gasteiger partial charge >= 0.3 is 0 Å². The van der Waals surface area contributed by atoms with Gasteiger partial charge < -0.3 is 10.3 Å². The van der Waals surface area contributed by atoms with Gasteiger partial charge in [0.25, 0.3) is 5.56 Å². The Morgan fingerprint density at radius 3 is 2.58 bits per heavy atom. The molecule has 5 nitrogen and oxygen atoms in total. The number of benzene rings is 2. The minimum absolute atomic E-state index is 0.234. The summed E-state index contributed by atoms with van der Waals surface area (Å²) in [6, 6.07) is 17.8. The highest BCUT2D eigenvalue weighted by molar-refractivity contribution is 6.09. The first kappa shape index (κ1) is 16.1. The second kappa shape index (κ2) is 6.19. The van der Waals surface area contributed by atoms with Gasteiger partial charge in [-0.15, -0.1) is 0 Å². The van der Waals surface area contributed by atoms with Crippen molar-refractivity contribution in [1.82, 2.24) is 9.24 Å². The molecule has 0 aliphatic carbocycles. The minimum Gasteiger partial charge on any atom is -0.384 e. The Morgan fingerprint density at radius 2 is 1.81 bits per heavy atom. The van der Waals surface area contributed by atoms with Crippen LogP contribution >= 0.6 is 0 Å². The zero-order valence-corrected chi connectivity index (χ0v) is 14.8. The number of fused-ring (bicyclic) bond motifs is 3. The van der Waals surface area contributed by atoms with Crippen molar-refractivity contribution in [2.75, 3.05) is 5.73 Å². The molecular formula is C21H20N4O. The number of nitrogens with two attached hydrogens (primary N) is 1. The van der Waals surface area contributed by atoms with Gasteiger partial charge in [-0.25, -0.2) is 0 Å². The second-order valence-electron chi connectivity index (χ2n) is 6.39. The predicted octanol–water partition coefficient (Wildman–Crippen LogP) is 3.75. The first-order valence-corrected chi connectivity index (χ1v) is 8.63. The van der Waals surface area contributed by atoms with E-state index >= 15 is 0 Å². The third-order valence-electron chi connectivity index (χ3n) is 4.61. The lowest BCUT2D eigenvalue weighted by Crippen LogP contribution is -2.19. The van der Waals surface area contributed by atoms with Gasteiger partial charge in [0.15, 0.2) is 0 Å². The van der Waals surface area contributed by atoms with Gasteiger partial charge in [0, 0.05) is 34.4 Å². The molecule has 2 aromatic heterocycles. The number of nitrogens with zero attached hydrogens (tertiary/aromatic N) is 3. The summed E-state index contributed by atoms with van der Waals surface area (Å²) in [7, 11) is 0. The molecule has 0 saturated carbocycles. The monoisotopic (exact) mass is 344 g/mol. The summed E-state index contributed by atoms with van der Waals surface area (Å²) in [5, 5.41) is 6.67. The van der Waals surface area contributed by atoms with Crippen LogP contribution in [0.5, 0.6) is 0 Å². The number of hydrogen-bond donors (Lipinski definition) is 1. The SMILES string of the molecule is CCn1c2ccccc2c2cc(/C=N\n3c(N)cc(C)cc3=O)ccc21. The van der Waals surface area contributed by atoms with Crippen LogP contribution in [0.1, 0.15) is 18.1 Å². The Kier molecular flexibility index (Phi) is 3.84. The normalized spacial score (nSPS) is 11.8. The quantitative estimate of drug-likeness (QED) is 0.575. The molecule has 0 atom stereocenters. The van der Waals surface area contributed by atoms with Crippen molar-refractivity contribution in [1.29, 1.82) is 0 Å². The van der Waals surface area contributed by atoms with E-state index in [1.54, 1.807) is 12.3 Å². The molecule has 2 N–H and O–H groups in total. The molecule has 0 radical (unpaired) electrons. The van der Waals surface area contributed by atoms with Gasteiger partial charge in [-0.1, -0.05) is 24.3 Å². The number of nitrogen functional groups attached to an aromatic ring is 1. The lowest BCUT2D eigenvalue weighted by Gasteiger charge is -2.04. The molecule has 130 valence electrons. The molecule has 0 spiro atoms. The third-order valence-corrected chi connectivity index (χ3v) is 4.61. The number of rotatable bonds is 3. The molecule has 4 rings (SSSR count). The van der Waals surface area contributed by atoms with Crippen LogP contribution in [0.3, 0.4) is 0 Å². The van der Waals surface area contributed by atoms with Crippen LogP contribution in [0.2, 0.25) is 0 Å². The van der Waals surface area contributed by atoms with Crippen molar-refractivity contribution in [2.45, 2.75) is 20.4 Å². The van der Waals surface area contributed by atoms with E-state index in [9.17, 15) is 4.79 Å².